The van der Waals surface area contributed by atoms with Crippen molar-refractivity contribution in [2.75, 3.05) is 18.9 Å². The van der Waals surface area contributed by atoms with Gasteiger partial charge in [0, 0.05) is 12.4 Å². The Balaban J connectivity index is 2.34. The van der Waals surface area contributed by atoms with Gasteiger partial charge in [-0.15, -0.1) is 11.3 Å². The minimum atomic E-state index is -1.06. The molecule has 2 aromatic rings. The molecule has 1 amide bonds. The van der Waals surface area contributed by atoms with Gasteiger partial charge in [-0.2, -0.15) is 0 Å². The molecular formula is C12H16N4O3S. The highest BCUT2D eigenvalue weighted by molar-refractivity contribution is 7.21. The van der Waals surface area contributed by atoms with Crippen molar-refractivity contribution in [1.29, 1.82) is 0 Å². The molecule has 108 valence electrons. The molecular weight excluding hydrogens is 280 g/mol. The number of carbonyl (C=O) groups is 1. The van der Waals surface area contributed by atoms with Gasteiger partial charge in [-0.05, 0) is 6.42 Å². The van der Waals surface area contributed by atoms with E-state index in [0.717, 1.165) is 11.3 Å². The number of aliphatic hydroxyl groups excluding tert-OH is 2. The van der Waals surface area contributed by atoms with Crippen LogP contribution in [0.4, 0.5) is 5.69 Å². The maximum absolute atomic E-state index is 12.3. The lowest BCUT2D eigenvalue weighted by Crippen LogP contribution is -2.53. The summed E-state index contributed by atoms with van der Waals surface area (Å²) in [5.41, 5.74) is 5.59. The number of thiophene rings is 1. The summed E-state index contributed by atoms with van der Waals surface area (Å²) < 4.78 is 0. The SMILES string of the molecule is CCC(CO)(CO)NC(=O)c1sc2nccnc2c1N. The first-order valence-electron chi connectivity index (χ1n) is 6.10. The molecule has 0 radical (unpaired) electrons. The number of anilines is 1. The van der Waals surface area contributed by atoms with Crippen molar-refractivity contribution in [2.24, 2.45) is 0 Å². The lowest BCUT2D eigenvalue weighted by molar-refractivity contribution is 0.0657. The molecule has 0 saturated heterocycles. The molecule has 2 heterocycles. The Morgan fingerprint density at radius 2 is 2.05 bits per heavy atom. The average molecular weight is 296 g/mol. The fraction of sp³-hybridized carbons (Fsp3) is 0.417. The monoisotopic (exact) mass is 296 g/mol. The molecule has 0 atom stereocenters. The van der Waals surface area contributed by atoms with Gasteiger partial charge in [0.25, 0.3) is 5.91 Å². The molecule has 5 N–H and O–H groups in total. The lowest BCUT2D eigenvalue weighted by atomic mass is 9.98. The smallest absolute Gasteiger partial charge is 0.264 e. The van der Waals surface area contributed by atoms with Crippen LogP contribution in [0.1, 0.15) is 23.0 Å². The molecule has 0 unspecified atom stereocenters. The quantitative estimate of drug-likeness (QED) is 0.622. The van der Waals surface area contributed by atoms with E-state index in [1.165, 1.54) is 12.4 Å². The van der Waals surface area contributed by atoms with Crippen LogP contribution < -0.4 is 11.1 Å². The first-order valence-corrected chi connectivity index (χ1v) is 6.91. The van der Waals surface area contributed by atoms with E-state index in [9.17, 15) is 15.0 Å². The van der Waals surface area contributed by atoms with Crippen LogP contribution in [0, 0.1) is 0 Å². The van der Waals surface area contributed by atoms with Gasteiger partial charge in [0.2, 0.25) is 0 Å². The summed E-state index contributed by atoms with van der Waals surface area (Å²) >= 11 is 1.13. The molecule has 0 fully saturated rings. The molecule has 0 aliphatic rings. The van der Waals surface area contributed by atoms with Crippen LogP contribution in [-0.2, 0) is 0 Å². The minimum Gasteiger partial charge on any atom is -0.396 e. The molecule has 7 nitrogen and oxygen atoms in total. The Kier molecular flexibility index (Phi) is 4.17. The number of hydrogen-bond donors (Lipinski definition) is 4. The van der Waals surface area contributed by atoms with Gasteiger partial charge < -0.3 is 21.3 Å². The largest absolute Gasteiger partial charge is 0.396 e. The number of carbonyl (C=O) groups excluding carboxylic acids is 1. The molecule has 0 aromatic carbocycles. The highest BCUT2D eigenvalue weighted by Crippen LogP contribution is 2.30. The molecule has 8 heteroatoms. The zero-order valence-electron chi connectivity index (χ0n) is 11.0. The van der Waals surface area contributed by atoms with E-state index < -0.39 is 11.4 Å². The van der Waals surface area contributed by atoms with Gasteiger partial charge in [0.15, 0.2) is 0 Å². The number of rotatable bonds is 5. The summed E-state index contributed by atoms with van der Waals surface area (Å²) in [4.78, 5) is 21.3. The second-order valence-corrected chi connectivity index (χ2v) is 5.46. The number of nitrogens with two attached hydrogens (primary N) is 1. The fourth-order valence-corrected chi connectivity index (χ4v) is 2.67. The van der Waals surface area contributed by atoms with E-state index in [-0.39, 0.29) is 23.8 Å². The normalized spacial score (nSPS) is 11.8. The summed E-state index contributed by atoms with van der Waals surface area (Å²) in [6, 6.07) is 0. The first-order chi connectivity index (χ1) is 9.56. The third-order valence-corrected chi connectivity index (χ3v) is 4.33. The Morgan fingerprint density at radius 3 is 2.60 bits per heavy atom. The zero-order chi connectivity index (χ0) is 14.8. The van der Waals surface area contributed by atoms with E-state index in [4.69, 9.17) is 5.73 Å². The van der Waals surface area contributed by atoms with Crippen molar-refractivity contribution in [2.45, 2.75) is 18.9 Å². The summed E-state index contributed by atoms with van der Waals surface area (Å²) in [6.45, 7) is 1.06. The van der Waals surface area contributed by atoms with Crippen LogP contribution in [0.2, 0.25) is 0 Å². The second-order valence-electron chi connectivity index (χ2n) is 4.46. The molecule has 2 aromatic heterocycles. The predicted molar refractivity (Wildman–Crippen MR) is 76.5 cm³/mol. The van der Waals surface area contributed by atoms with Gasteiger partial charge in [0.05, 0.1) is 24.4 Å². The maximum Gasteiger partial charge on any atom is 0.264 e. The number of hydrogen-bond acceptors (Lipinski definition) is 7. The second kappa shape index (κ2) is 5.70. The van der Waals surface area contributed by atoms with E-state index in [1.54, 1.807) is 6.92 Å². The highest BCUT2D eigenvalue weighted by atomic mass is 32.1. The molecule has 20 heavy (non-hydrogen) atoms. The van der Waals surface area contributed by atoms with Crippen LogP contribution in [0.3, 0.4) is 0 Å². The van der Waals surface area contributed by atoms with Crippen LogP contribution in [0.5, 0.6) is 0 Å². The number of nitrogens with zero attached hydrogens (tertiary/aromatic N) is 2. The van der Waals surface area contributed by atoms with E-state index in [2.05, 4.69) is 15.3 Å². The number of aromatic nitrogens is 2. The van der Waals surface area contributed by atoms with Crippen LogP contribution in [0.25, 0.3) is 10.3 Å². The average Bonchev–Trinajstić information content (AvgIpc) is 2.83. The Bertz CT molecular complexity index is 616. The number of nitrogens with one attached hydrogen (secondary N) is 1. The van der Waals surface area contributed by atoms with Crippen molar-refractivity contribution < 1.29 is 15.0 Å². The van der Waals surface area contributed by atoms with Crippen molar-refractivity contribution in [1.82, 2.24) is 15.3 Å². The van der Waals surface area contributed by atoms with Gasteiger partial charge >= 0.3 is 0 Å². The number of amides is 1. The van der Waals surface area contributed by atoms with E-state index in [1.807, 2.05) is 0 Å². The molecule has 0 spiro atoms. The Morgan fingerprint density at radius 1 is 1.40 bits per heavy atom. The minimum absolute atomic E-state index is 0.261. The van der Waals surface area contributed by atoms with Crippen molar-refractivity contribution >= 4 is 33.3 Å². The number of nitrogen functional groups attached to an aromatic ring is 1. The first kappa shape index (κ1) is 14.6. The summed E-state index contributed by atoms with van der Waals surface area (Å²) in [5.74, 6) is -0.447. The van der Waals surface area contributed by atoms with Gasteiger partial charge in [-0.3, -0.25) is 4.79 Å². The Hall–Kier alpha value is -1.77. The molecule has 2 rings (SSSR count). The van der Waals surface area contributed by atoms with Crippen LogP contribution in [-0.4, -0.2) is 44.8 Å². The summed E-state index contributed by atoms with van der Waals surface area (Å²) in [7, 11) is 0. The van der Waals surface area contributed by atoms with Crippen LogP contribution in [0.15, 0.2) is 12.4 Å². The molecule has 0 bridgehead atoms. The van der Waals surface area contributed by atoms with E-state index in [0.29, 0.717) is 16.8 Å². The molecule has 0 aliphatic heterocycles. The van der Waals surface area contributed by atoms with Crippen molar-refractivity contribution in [3.05, 3.63) is 17.3 Å². The Labute approximate surface area is 119 Å². The van der Waals surface area contributed by atoms with E-state index >= 15 is 0 Å². The van der Waals surface area contributed by atoms with Crippen LogP contribution >= 0.6 is 11.3 Å². The lowest BCUT2D eigenvalue weighted by Gasteiger charge is -2.29. The van der Waals surface area contributed by atoms with Crippen molar-refractivity contribution in [3.63, 3.8) is 0 Å². The number of aliphatic hydroxyl groups is 2. The van der Waals surface area contributed by atoms with Crippen molar-refractivity contribution in [3.8, 4) is 0 Å². The predicted octanol–water partition coefficient (Wildman–Crippen LogP) is 0.137. The standard InChI is InChI=1S/C12H16N4O3S/c1-2-12(5-17,6-18)16-10(19)9-7(13)8-11(20-9)15-4-3-14-8/h3-4,17-18H,2,5-6,13H2,1H3,(H,16,19). The molecule has 0 saturated carbocycles. The third-order valence-electron chi connectivity index (χ3n) is 3.23. The molecule has 0 aliphatic carbocycles. The number of fused-ring (bicyclic) bond motifs is 1. The third kappa shape index (κ3) is 2.45. The maximum atomic E-state index is 12.3. The summed E-state index contributed by atoms with van der Waals surface area (Å²) in [6.07, 6.45) is 3.43. The van der Waals surface area contributed by atoms with Gasteiger partial charge in [0.1, 0.15) is 15.2 Å². The highest BCUT2D eigenvalue weighted by Gasteiger charge is 2.30. The topological polar surface area (TPSA) is 121 Å². The van der Waals surface area contributed by atoms with Gasteiger partial charge in [-0.25, -0.2) is 9.97 Å². The fourth-order valence-electron chi connectivity index (χ4n) is 1.75. The summed E-state index contributed by atoms with van der Waals surface area (Å²) in [5, 5.41) is 21.3. The zero-order valence-corrected chi connectivity index (χ0v) is 11.8. The van der Waals surface area contributed by atoms with Gasteiger partial charge in [-0.1, -0.05) is 6.92 Å².